The first-order valence-electron chi connectivity index (χ1n) is 4.61. The van der Waals surface area contributed by atoms with Crippen molar-refractivity contribution < 1.29 is 13.5 Å². The molecule has 2 N–H and O–H groups in total. The first kappa shape index (κ1) is 12.2. The third-order valence-corrected chi connectivity index (χ3v) is 3.50. The van der Waals surface area contributed by atoms with Crippen molar-refractivity contribution in [3.05, 3.63) is 12.4 Å². The van der Waals surface area contributed by atoms with E-state index in [1.165, 1.54) is 17.1 Å². The highest BCUT2D eigenvalue weighted by atomic mass is 32.2. The number of nitrogens with one attached hydrogen (secondary N) is 1. The van der Waals surface area contributed by atoms with Gasteiger partial charge in [-0.2, -0.15) is 5.10 Å². The quantitative estimate of drug-likeness (QED) is 0.716. The van der Waals surface area contributed by atoms with Crippen LogP contribution in [0.15, 0.2) is 17.3 Å². The summed E-state index contributed by atoms with van der Waals surface area (Å²) in [6, 6.07) is -0.449. The number of hydrogen-bond acceptors (Lipinski definition) is 4. The maximum absolute atomic E-state index is 11.7. The zero-order valence-corrected chi connectivity index (χ0v) is 9.53. The molecule has 0 amide bonds. The monoisotopic (exact) mass is 233 g/mol. The number of sulfonamides is 1. The van der Waals surface area contributed by atoms with E-state index in [1.807, 2.05) is 0 Å². The first-order chi connectivity index (χ1) is 6.99. The Morgan fingerprint density at radius 1 is 1.67 bits per heavy atom. The van der Waals surface area contributed by atoms with E-state index in [0.29, 0.717) is 6.42 Å². The predicted molar refractivity (Wildman–Crippen MR) is 54.7 cm³/mol. The van der Waals surface area contributed by atoms with Crippen LogP contribution in [0.5, 0.6) is 0 Å². The van der Waals surface area contributed by atoms with Crippen LogP contribution < -0.4 is 4.72 Å². The Morgan fingerprint density at radius 2 is 2.33 bits per heavy atom. The highest BCUT2D eigenvalue weighted by molar-refractivity contribution is 7.89. The summed E-state index contributed by atoms with van der Waals surface area (Å²) in [5, 5.41) is 12.7. The average Bonchev–Trinajstić information content (AvgIpc) is 2.62. The van der Waals surface area contributed by atoms with Crippen LogP contribution in [0.4, 0.5) is 0 Å². The fourth-order valence-corrected chi connectivity index (χ4v) is 2.37. The van der Waals surface area contributed by atoms with E-state index in [1.54, 1.807) is 14.0 Å². The van der Waals surface area contributed by atoms with Gasteiger partial charge in [-0.3, -0.25) is 4.68 Å². The summed E-state index contributed by atoms with van der Waals surface area (Å²) < 4.78 is 27.2. The number of aliphatic hydroxyl groups is 1. The van der Waals surface area contributed by atoms with Gasteiger partial charge in [0.15, 0.2) is 0 Å². The van der Waals surface area contributed by atoms with Crippen molar-refractivity contribution in [3.8, 4) is 0 Å². The zero-order valence-electron chi connectivity index (χ0n) is 8.71. The van der Waals surface area contributed by atoms with Crippen molar-refractivity contribution in [3.63, 3.8) is 0 Å². The number of nitrogens with zero attached hydrogens (tertiary/aromatic N) is 2. The molecule has 0 spiro atoms. The van der Waals surface area contributed by atoms with Crippen molar-refractivity contribution in [2.24, 2.45) is 7.05 Å². The van der Waals surface area contributed by atoms with Gasteiger partial charge in [0.05, 0.1) is 12.8 Å². The van der Waals surface area contributed by atoms with Crippen LogP contribution in [0, 0.1) is 0 Å². The highest BCUT2D eigenvalue weighted by Crippen LogP contribution is 2.07. The fourth-order valence-electron chi connectivity index (χ4n) is 1.07. The van der Waals surface area contributed by atoms with E-state index in [2.05, 4.69) is 9.82 Å². The van der Waals surface area contributed by atoms with Crippen molar-refractivity contribution in [2.75, 3.05) is 6.61 Å². The van der Waals surface area contributed by atoms with Gasteiger partial charge < -0.3 is 5.11 Å². The molecule has 0 fully saturated rings. The van der Waals surface area contributed by atoms with Crippen LogP contribution in [-0.2, 0) is 17.1 Å². The van der Waals surface area contributed by atoms with E-state index in [4.69, 9.17) is 5.11 Å². The van der Waals surface area contributed by atoms with Gasteiger partial charge in [-0.05, 0) is 6.42 Å². The average molecular weight is 233 g/mol. The molecule has 0 bridgehead atoms. The second kappa shape index (κ2) is 4.73. The lowest BCUT2D eigenvalue weighted by molar-refractivity contribution is 0.254. The van der Waals surface area contributed by atoms with E-state index in [0.717, 1.165) is 0 Å². The Labute approximate surface area is 89.0 Å². The van der Waals surface area contributed by atoms with Crippen LogP contribution in [0.1, 0.15) is 13.3 Å². The third-order valence-electron chi connectivity index (χ3n) is 2.03. The van der Waals surface area contributed by atoms with Gasteiger partial charge in [-0.15, -0.1) is 0 Å². The van der Waals surface area contributed by atoms with Gasteiger partial charge in [-0.25, -0.2) is 13.1 Å². The SMILES string of the molecule is CCC(CO)NS(=O)(=O)c1cnn(C)c1. The Morgan fingerprint density at radius 3 is 2.73 bits per heavy atom. The van der Waals surface area contributed by atoms with Crippen molar-refractivity contribution in [1.29, 1.82) is 0 Å². The maximum atomic E-state index is 11.7. The second-order valence-corrected chi connectivity index (χ2v) is 4.97. The molecule has 86 valence electrons. The van der Waals surface area contributed by atoms with E-state index in [9.17, 15) is 8.42 Å². The van der Waals surface area contributed by atoms with Crippen LogP contribution in [0.2, 0.25) is 0 Å². The number of aromatic nitrogens is 2. The Kier molecular flexibility index (Phi) is 3.83. The predicted octanol–water partition coefficient (Wildman–Crippen LogP) is -0.531. The summed E-state index contributed by atoms with van der Waals surface area (Å²) in [6.45, 7) is 1.59. The molecular formula is C8H15N3O3S. The summed E-state index contributed by atoms with van der Waals surface area (Å²) >= 11 is 0. The lowest BCUT2D eigenvalue weighted by Gasteiger charge is -2.12. The molecule has 1 unspecified atom stereocenters. The minimum atomic E-state index is -3.56. The highest BCUT2D eigenvalue weighted by Gasteiger charge is 2.19. The molecule has 1 aromatic rings. The second-order valence-electron chi connectivity index (χ2n) is 3.26. The summed E-state index contributed by atoms with van der Waals surface area (Å²) in [7, 11) is -1.91. The fraction of sp³-hybridized carbons (Fsp3) is 0.625. The summed E-state index contributed by atoms with van der Waals surface area (Å²) in [5.74, 6) is 0. The number of hydrogen-bond donors (Lipinski definition) is 2. The number of aryl methyl sites for hydroxylation is 1. The third kappa shape index (κ3) is 3.01. The van der Waals surface area contributed by atoms with Crippen molar-refractivity contribution in [2.45, 2.75) is 24.3 Å². The van der Waals surface area contributed by atoms with Crippen molar-refractivity contribution >= 4 is 10.0 Å². The summed E-state index contributed by atoms with van der Waals surface area (Å²) in [6.07, 6.45) is 3.22. The molecule has 15 heavy (non-hydrogen) atoms. The van der Waals surface area contributed by atoms with Gasteiger partial charge in [0.2, 0.25) is 10.0 Å². The topological polar surface area (TPSA) is 84.2 Å². The number of rotatable bonds is 5. The summed E-state index contributed by atoms with van der Waals surface area (Å²) in [5.41, 5.74) is 0. The smallest absolute Gasteiger partial charge is 0.244 e. The molecule has 1 rings (SSSR count). The van der Waals surface area contributed by atoms with Gasteiger partial charge >= 0.3 is 0 Å². The van der Waals surface area contributed by atoms with Crippen LogP contribution in [0.3, 0.4) is 0 Å². The first-order valence-corrected chi connectivity index (χ1v) is 6.09. The molecule has 0 aromatic carbocycles. The molecule has 1 atom stereocenters. The minimum Gasteiger partial charge on any atom is -0.395 e. The summed E-state index contributed by atoms with van der Waals surface area (Å²) in [4.78, 5) is 0.108. The lowest BCUT2D eigenvalue weighted by Crippen LogP contribution is -2.36. The van der Waals surface area contributed by atoms with Crippen LogP contribution >= 0.6 is 0 Å². The van der Waals surface area contributed by atoms with Crippen LogP contribution in [0.25, 0.3) is 0 Å². The lowest BCUT2D eigenvalue weighted by atomic mass is 10.3. The molecule has 0 radical (unpaired) electrons. The van der Waals surface area contributed by atoms with Gasteiger partial charge in [-0.1, -0.05) is 6.92 Å². The van der Waals surface area contributed by atoms with Crippen molar-refractivity contribution in [1.82, 2.24) is 14.5 Å². The van der Waals surface area contributed by atoms with Gasteiger partial charge in [0, 0.05) is 19.3 Å². The zero-order chi connectivity index (χ0) is 11.5. The Balaban J connectivity index is 2.84. The van der Waals surface area contributed by atoms with E-state index in [-0.39, 0.29) is 11.5 Å². The van der Waals surface area contributed by atoms with E-state index < -0.39 is 16.1 Å². The Bertz CT molecular complexity index is 409. The molecule has 6 nitrogen and oxygen atoms in total. The van der Waals surface area contributed by atoms with Gasteiger partial charge in [0.1, 0.15) is 4.90 Å². The molecule has 0 aliphatic rings. The molecule has 0 saturated heterocycles. The molecule has 1 heterocycles. The molecule has 0 aliphatic carbocycles. The standard InChI is InChI=1S/C8H15N3O3S/c1-3-7(6-12)10-15(13,14)8-4-9-11(2)5-8/h4-5,7,10,12H,3,6H2,1-2H3. The molecule has 0 aliphatic heterocycles. The maximum Gasteiger partial charge on any atom is 0.244 e. The normalized spacial score (nSPS) is 14.1. The minimum absolute atomic E-state index is 0.108. The van der Waals surface area contributed by atoms with Crippen LogP contribution in [-0.4, -0.2) is 36.0 Å². The Hall–Kier alpha value is -0.920. The number of aliphatic hydroxyl groups excluding tert-OH is 1. The van der Waals surface area contributed by atoms with Gasteiger partial charge in [0.25, 0.3) is 0 Å². The molecule has 1 aromatic heterocycles. The van der Waals surface area contributed by atoms with E-state index >= 15 is 0 Å². The largest absolute Gasteiger partial charge is 0.395 e. The molecule has 0 saturated carbocycles. The molecular weight excluding hydrogens is 218 g/mol. The molecule has 7 heteroatoms.